The highest BCUT2D eigenvalue weighted by atomic mass is 19.1. The van der Waals surface area contributed by atoms with Crippen LogP contribution in [0, 0.1) is 17.7 Å². The highest BCUT2D eigenvalue weighted by Crippen LogP contribution is 2.39. The zero-order chi connectivity index (χ0) is 28.2. The molecule has 2 aliphatic carbocycles. The molecule has 1 saturated heterocycles. The second-order valence-electron chi connectivity index (χ2n) is 10.4. The lowest BCUT2D eigenvalue weighted by molar-refractivity contribution is -0.132. The molecule has 3 fully saturated rings. The van der Waals surface area contributed by atoms with Gasteiger partial charge < -0.3 is 21.7 Å². The molecule has 7 N–H and O–H groups in total. The van der Waals surface area contributed by atoms with Gasteiger partial charge in [0.1, 0.15) is 5.82 Å². The first-order valence-electron chi connectivity index (χ1n) is 13.9. The van der Waals surface area contributed by atoms with E-state index in [4.69, 9.17) is 17.3 Å². The molecule has 0 aromatic heterocycles. The smallest absolute Gasteiger partial charge is 0.251 e. The fourth-order valence-corrected chi connectivity index (χ4v) is 4.90. The third-order valence-corrected chi connectivity index (χ3v) is 7.24. The number of hydrazine groups is 1. The Morgan fingerprint density at radius 2 is 1.62 bits per heavy atom. The summed E-state index contributed by atoms with van der Waals surface area (Å²) in [6.07, 6.45) is 10.2. The predicted octanol–water partition coefficient (Wildman–Crippen LogP) is 3.84. The number of nitrogens with one attached hydrogen (secondary N) is 1. The van der Waals surface area contributed by atoms with Gasteiger partial charge in [-0.1, -0.05) is 19.1 Å². The van der Waals surface area contributed by atoms with Crippen molar-refractivity contribution in [2.75, 3.05) is 31.2 Å². The number of piperidine rings is 1. The normalized spacial score (nSPS) is 19.4. The van der Waals surface area contributed by atoms with Crippen molar-refractivity contribution in [3.63, 3.8) is 0 Å². The molecule has 2 saturated carbocycles. The second-order valence-corrected chi connectivity index (χ2v) is 10.4. The van der Waals surface area contributed by atoms with Gasteiger partial charge in [-0.25, -0.2) is 10.2 Å². The summed E-state index contributed by atoms with van der Waals surface area (Å²) in [7, 11) is 0. The van der Waals surface area contributed by atoms with Gasteiger partial charge in [0, 0.05) is 31.1 Å². The lowest BCUT2D eigenvalue weighted by atomic mass is 9.99. The van der Waals surface area contributed by atoms with Gasteiger partial charge in [-0.3, -0.25) is 14.6 Å². The van der Waals surface area contributed by atoms with Crippen molar-refractivity contribution in [3.05, 3.63) is 77.9 Å². The summed E-state index contributed by atoms with van der Waals surface area (Å²) < 4.78 is 12.4. The summed E-state index contributed by atoms with van der Waals surface area (Å²) in [6, 6.07) is 13.6. The number of rotatable bonds is 7. The number of benzene rings is 2. The van der Waals surface area contributed by atoms with Gasteiger partial charge in [0.2, 0.25) is 5.91 Å². The largest absolute Gasteiger partial charge is 0.403 e. The minimum Gasteiger partial charge on any atom is -0.403 e. The number of anilines is 1. The van der Waals surface area contributed by atoms with Crippen molar-refractivity contribution in [2.24, 2.45) is 29.1 Å². The average Bonchev–Trinajstić information content (AvgIpc) is 3.76. The van der Waals surface area contributed by atoms with Crippen LogP contribution in [0.3, 0.4) is 0 Å². The predicted molar refractivity (Wildman–Crippen MR) is 154 cm³/mol. The highest BCUT2D eigenvalue weighted by molar-refractivity contribution is 5.96. The van der Waals surface area contributed by atoms with Crippen LogP contribution >= 0.6 is 0 Å². The van der Waals surface area contributed by atoms with Gasteiger partial charge in [0.05, 0.1) is 12.2 Å². The van der Waals surface area contributed by atoms with Crippen LogP contribution in [0.5, 0.6) is 0 Å². The zero-order valence-electron chi connectivity index (χ0n) is 22.9. The number of hydrogen-bond acceptors (Lipinski definition) is 6. The van der Waals surface area contributed by atoms with Gasteiger partial charge in [0.15, 0.2) is 0 Å². The Hall–Kier alpha value is -3.43. The van der Waals surface area contributed by atoms with Crippen LogP contribution in [0.4, 0.5) is 10.1 Å². The lowest BCUT2D eigenvalue weighted by Gasteiger charge is -2.31. The molecule has 2 aromatic carbocycles. The van der Waals surface area contributed by atoms with E-state index < -0.39 is 0 Å². The van der Waals surface area contributed by atoms with Crippen LogP contribution in [-0.2, 0) is 4.79 Å². The maximum atomic E-state index is 12.4. The summed E-state index contributed by atoms with van der Waals surface area (Å²) >= 11 is 0. The minimum atomic E-state index is -0.266. The molecule has 2 aromatic rings. The number of hydrogen-bond donors (Lipinski definition) is 4. The van der Waals surface area contributed by atoms with Crippen molar-refractivity contribution in [2.45, 2.75) is 51.4 Å². The standard InChI is InChI=1S/C18H25N5O2.C9H9F.C3H9N/c19-7-8-23(20)16-5-3-15(4-6-16)18(25)21-10-17(24)22-11-13-1-2-14(9-13)12-22;10-9-5-3-8(4-6-9)7-1-2-7;1-2-3-4/h3-8,13-14H,1-2,9-12,19-20H2,(H,21,25);3-7H,1-2H2;2-4H2,1H3/b8-7-;;. The lowest BCUT2D eigenvalue weighted by Crippen LogP contribution is -2.45. The molecular weight excluding hydrogens is 495 g/mol. The van der Waals surface area contributed by atoms with Crippen LogP contribution < -0.4 is 27.6 Å². The number of fused-ring (bicyclic) bond motifs is 2. The van der Waals surface area contributed by atoms with Crippen LogP contribution in [0.2, 0.25) is 0 Å². The second kappa shape index (κ2) is 15.2. The van der Waals surface area contributed by atoms with E-state index in [1.165, 1.54) is 67.2 Å². The Balaban J connectivity index is 0.000000245. The summed E-state index contributed by atoms with van der Waals surface area (Å²) in [6.45, 7) is 4.58. The van der Waals surface area contributed by atoms with Gasteiger partial charge in [0.25, 0.3) is 5.91 Å². The van der Waals surface area contributed by atoms with E-state index in [1.807, 2.05) is 17.0 Å². The third-order valence-electron chi connectivity index (χ3n) is 7.24. The zero-order valence-corrected chi connectivity index (χ0v) is 22.9. The Morgan fingerprint density at radius 3 is 2.13 bits per heavy atom. The topological polar surface area (TPSA) is 131 Å². The molecule has 0 spiro atoms. The van der Waals surface area contributed by atoms with Gasteiger partial charge in [-0.2, -0.15) is 0 Å². The van der Waals surface area contributed by atoms with Gasteiger partial charge in [-0.15, -0.1) is 0 Å². The van der Waals surface area contributed by atoms with Gasteiger partial charge in [-0.05, 0) is 105 Å². The molecule has 39 heavy (non-hydrogen) atoms. The first-order valence-corrected chi connectivity index (χ1v) is 13.9. The number of likely N-dealkylation sites (tertiary alicyclic amines) is 1. The SMILES string of the molecule is CCCN.Fc1ccc(C2CC2)cc1.N/C=C\N(N)c1ccc(C(=O)NCC(=O)N2CC3CCC(C3)C2)cc1. The number of carbonyl (C=O) groups is 2. The summed E-state index contributed by atoms with van der Waals surface area (Å²) in [4.78, 5) is 26.5. The van der Waals surface area contributed by atoms with Crippen molar-refractivity contribution in [1.29, 1.82) is 0 Å². The average molecular weight is 539 g/mol. The maximum Gasteiger partial charge on any atom is 0.251 e. The van der Waals surface area contributed by atoms with E-state index in [-0.39, 0.29) is 24.2 Å². The summed E-state index contributed by atoms with van der Waals surface area (Å²) in [5.41, 5.74) is 12.8. The first kappa shape index (κ1) is 30.1. The summed E-state index contributed by atoms with van der Waals surface area (Å²) in [5.74, 6) is 7.39. The molecule has 2 unspecified atom stereocenters. The Kier molecular flexibility index (Phi) is 11.8. The fraction of sp³-hybridized carbons (Fsp3) is 0.467. The van der Waals surface area contributed by atoms with Crippen LogP contribution in [-0.4, -0.2) is 42.9 Å². The number of carbonyl (C=O) groups excluding carboxylic acids is 2. The fourth-order valence-electron chi connectivity index (χ4n) is 4.90. The molecule has 1 heterocycles. The van der Waals surface area contributed by atoms with E-state index in [2.05, 4.69) is 12.2 Å². The van der Waals surface area contributed by atoms with E-state index in [1.54, 1.807) is 24.3 Å². The molecule has 2 bridgehead atoms. The van der Waals surface area contributed by atoms with Crippen molar-refractivity contribution in [3.8, 4) is 0 Å². The molecule has 3 aliphatic rings. The molecule has 0 radical (unpaired) electrons. The first-order chi connectivity index (χ1) is 18.8. The quantitative estimate of drug-likeness (QED) is 0.313. The molecule has 8 nitrogen and oxygen atoms in total. The number of halogens is 1. The molecule has 1 aliphatic heterocycles. The highest BCUT2D eigenvalue weighted by Gasteiger charge is 2.34. The van der Waals surface area contributed by atoms with Crippen molar-refractivity contribution in [1.82, 2.24) is 10.2 Å². The maximum absolute atomic E-state index is 12.4. The molecular formula is C30H43FN6O2. The summed E-state index contributed by atoms with van der Waals surface area (Å²) in [5, 5.41) is 4.07. The number of nitrogens with zero attached hydrogens (tertiary/aromatic N) is 2. The van der Waals surface area contributed by atoms with E-state index in [0.29, 0.717) is 23.1 Å². The molecule has 2 amide bonds. The van der Waals surface area contributed by atoms with Crippen LogP contribution in [0.25, 0.3) is 0 Å². The van der Waals surface area contributed by atoms with E-state index in [0.717, 1.165) is 32.0 Å². The molecule has 9 heteroatoms. The number of nitrogens with two attached hydrogens (primary N) is 3. The van der Waals surface area contributed by atoms with Crippen molar-refractivity contribution >= 4 is 17.5 Å². The molecule has 2 atom stereocenters. The van der Waals surface area contributed by atoms with E-state index >= 15 is 0 Å². The van der Waals surface area contributed by atoms with Crippen LogP contribution in [0.1, 0.15) is 67.3 Å². The monoisotopic (exact) mass is 538 g/mol. The number of amides is 2. The Labute approximate surface area is 231 Å². The molecule has 212 valence electrons. The van der Waals surface area contributed by atoms with E-state index in [9.17, 15) is 14.0 Å². The molecule has 5 rings (SSSR count). The van der Waals surface area contributed by atoms with Crippen LogP contribution in [0.15, 0.2) is 60.9 Å². The third kappa shape index (κ3) is 9.67. The Morgan fingerprint density at radius 1 is 1.03 bits per heavy atom. The van der Waals surface area contributed by atoms with Gasteiger partial charge >= 0.3 is 0 Å². The van der Waals surface area contributed by atoms with Crippen molar-refractivity contribution < 1.29 is 14.0 Å². The Bertz CT molecular complexity index is 1060. The minimum absolute atomic E-state index is 0.00258.